The van der Waals surface area contributed by atoms with Gasteiger partial charge in [0.2, 0.25) is 0 Å². The molecule has 0 spiro atoms. The van der Waals surface area contributed by atoms with Crippen LogP contribution in [-0.4, -0.2) is 35.0 Å². The molecule has 2 rings (SSSR count). The lowest BCUT2D eigenvalue weighted by atomic mass is 10.1. The topological polar surface area (TPSA) is 57.6 Å². The van der Waals surface area contributed by atoms with E-state index in [0.717, 1.165) is 0 Å². The molecule has 1 aliphatic rings. The highest BCUT2D eigenvalue weighted by atomic mass is 19.1. The Bertz CT molecular complexity index is 501. The number of amides is 1. The van der Waals surface area contributed by atoms with Crippen LogP contribution in [0.2, 0.25) is 0 Å². The molecule has 0 saturated carbocycles. The number of halogens is 1. The summed E-state index contributed by atoms with van der Waals surface area (Å²) in [5.41, 5.74) is 0.613. The summed E-state index contributed by atoms with van der Waals surface area (Å²) in [5, 5.41) is 8.88. The Morgan fingerprint density at radius 1 is 1.44 bits per heavy atom. The molecule has 1 unspecified atom stereocenters. The first-order chi connectivity index (χ1) is 8.50. The van der Waals surface area contributed by atoms with E-state index in [2.05, 4.69) is 0 Å². The van der Waals surface area contributed by atoms with Gasteiger partial charge in [-0.1, -0.05) is 6.07 Å². The van der Waals surface area contributed by atoms with Crippen LogP contribution < -0.4 is 0 Å². The van der Waals surface area contributed by atoms with Crippen molar-refractivity contribution in [2.75, 3.05) is 13.1 Å². The van der Waals surface area contributed by atoms with E-state index >= 15 is 0 Å². The van der Waals surface area contributed by atoms with Crippen molar-refractivity contribution in [3.63, 3.8) is 0 Å². The van der Waals surface area contributed by atoms with Crippen LogP contribution in [0.1, 0.15) is 22.3 Å². The van der Waals surface area contributed by atoms with E-state index in [1.807, 2.05) is 0 Å². The first kappa shape index (κ1) is 12.5. The van der Waals surface area contributed by atoms with Crippen LogP contribution in [0.3, 0.4) is 0 Å². The highest BCUT2D eigenvalue weighted by Gasteiger charge is 2.31. The molecule has 4 nitrogen and oxygen atoms in total. The van der Waals surface area contributed by atoms with Crippen molar-refractivity contribution in [3.8, 4) is 0 Å². The van der Waals surface area contributed by atoms with Gasteiger partial charge in [0.05, 0.1) is 5.92 Å². The predicted molar refractivity (Wildman–Crippen MR) is 62.8 cm³/mol. The number of likely N-dealkylation sites (tertiary alicyclic amines) is 1. The summed E-state index contributed by atoms with van der Waals surface area (Å²) in [6.07, 6.45) is 0.454. The zero-order chi connectivity index (χ0) is 13.3. The first-order valence-electron chi connectivity index (χ1n) is 5.78. The lowest BCUT2D eigenvalue weighted by molar-refractivity contribution is -0.141. The number of aliphatic carboxylic acids is 1. The van der Waals surface area contributed by atoms with Gasteiger partial charge in [0.1, 0.15) is 5.82 Å². The average Bonchev–Trinajstić information content (AvgIpc) is 2.81. The number of carbonyl (C=O) groups is 2. The molecule has 0 aromatic heterocycles. The van der Waals surface area contributed by atoms with Gasteiger partial charge in [-0.3, -0.25) is 9.59 Å². The Balaban J connectivity index is 2.18. The molecule has 96 valence electrons. The molecule has 1 aliphatic heterocycles. The van der Waals surface area contributed by atoms with Gasteiger partial charge < -0.3 is 10.0 Å². The standard InChI is InChI=1S/C13H14FNO3/c1-8-10(3-2-4-11(8)14)12(16)15-6-5-9(7-15)13(17)18/h2-4,9H,5-7H2,1H3,(H,17,18). The lowest BCUT2D eigenvalue weighted by Gasteiger charge is -2.17. The minimum absolute atomic E-state index is 0.199. The fourth-order valence-electron chi connectivity index (χ4n) is 2.16. The molecule has 1 saturated heterocycles. The normalized spacial score (nSPS) is 19.0. The van der Waals surface area contributed by atoms with E-state index in [4.69, 9.17) is 5.11 Å². The summed E-state index contributed by atoms with van der Waals surface area (Å²) in [4.78, 5) is 24.5. The van der Waals surface area contributed by atoms with Crippen LogP contribution in [0.4, 0.5) is 4.39 Å². The molecule has 1 aromatic carbocycles. The molecule has 0 aliphatic carbocycles. The lowest BCUT2D eigenvalue weighted by Crippen LogP contribution is -2.30. The molecule has 0 bridgehead atoms. The maximum atomic E-state index is 13.4. The number of hydrogen-bond acceptors (Lipinski definition) is 2. The molecule has 5 heteroatoms. The Labute approximate surface area is 104 Å². The van der Waals surface area contributed by atoms with E-state index in [9.17, 15) is 14.0 Å². The van der Waals surface area contributed by atoms with Crippen LogP contribution in [0.15, 0.2) is 18.2 Å². The van der Waals surface area contributed by atoms with Gasteiger partial charge in [0.25, 0.3) is 5.91 Å². The molecule has 0 radical (unpaired) electrons. The second-order valence-electron chi connectivity index (χ2n) is 4.49. The van der Waals surface area contributed by atoms with E-state index < -0.39 is 17.7 Å². The van der Waals surface area contributed by atoms with E-state index in [0.29, 0.717) is 24.1 Å². The number of nitrogens with zero attached hydrogens (tertiary/aromatic N) is 1. The van der Waals surface area contributed by atoms with Gasteiger partial charge in [-0.25, -0.2) is 4.39 Å². The average molecular weight is 251 g/mol. The maximum absolute atomic E-state index is 13.4. The van der Waals surface area contributed by atoms with Gasteiger partial charge in [0, 0.05) is 18.7 Å². The third-order valence-electron chi connectivity index (χ3n) is 3.32. The van der Waals surface area contributed by atoms with E-state index in [1.54, 1.807) is 13.0 Å². The largest absolute Gasteiger partial charge is 0.481 e. The first-order valence-corrected chi connectivity index (χ1v) is 5.78. The van der Waals surface area contributed by atoms with Gasteiger partial charge in [-0.05, 0) is 31.0 Å². The molecular formula is C13H14FNO3. The summed E-state index contributed by atoms with van der Waals surface area (Å²) < 4.78 is 13.4. The number of carbonyl (C=O) groups excluding carboxylic acids is 1. The van der Waals surface area contributed by atoms with Crippen LogP contribution in [-0.2, 0) is 4.79 Å². The number of carboxylic acids is 1. The summed E-state index contributed by atoms with van der Waals surface area (Å²) in [5.74, 6) is -2.12. The number of rotatable bonds is 2. The van der Waals surface area contributed by atoms with Crippen LogP contribution in [0.5, 0.6) is 0 Å². The molecular weight excluding hydrogens is 237 g/mol. The fourth-order valence-corrected chi connectivity index (χ4v) is 2.16. The van der Waals surface area contributed by atoms with Gasteiger partial charge in [-0.2, -0.15) is 0 Å². The SMILES string of the molecule is Cc1c(F)cccc1C(=O)N1CCC(C(=O)O)C1. The van der Waals surface area contributed by atoms with Gasteiger partial charge in [0.15, 0.2) is 0 Å². The molecule has 1 heterocycles. The van der Waals surface area contributed by atoms with Crippen molar-refractivity contribution in [1.29, 1.82) is 0 Å². The Hall–Kier alpha value is -1.91. The molecule has 18 heavy (non-hydrogen) atoms. The highest BCUT2D eigenvalue weighted by Crippen LogP contribution is 2.21. The summed E-state index contributed by atoms with van der Waals surface area (Å²) in [7, 11) is 0. The van der Waals surface area contributed by atoms with Crippen molar-refractivity contribution in [3.05, 3.63) is 35.1 Å². The Morgan fingerprint density at radius 3 is 2.78 bits per heavy atom. The molecule has 1 fully saturated rings. The van der Waals surface area contributed by atoms with Crippen molar-refractivity contribution in [2.24, 2.45) is 5.92 Å². The summed E-state index contributed by atoms with van der Waals surface area (Å²) in [6, 6.07) is 4.35. The number of carboxylic acid groups (broad SMARTS) is 1. The van der Waals surface area contributed by atoms with Crippen molar-refractivity contribution in [2.45, 2.75) is 13.3 Å². The molecule has 1 N–H and O–H groups in total. The third kappa shape index (κ3) is 2.20. The number of benzene rings is 1. The summed E-state index contributed by atoms with van der Waals surface area (Å²) in [6.45, 7) is 2.16. The predicted octanol–water partition coefficient (Wildman–Crippen LogP) is 1.68. The van der Waals surface area contributed by atoms with Crippen LogP contribution >= 0.6 is 0 Å². The smallest absolute Gasteiger partial charge is 0.308 e. The quantitative estimate of drug-likeness (QED) is 0.870. The van der Waals surface area contributed by atoms with Crippen molar-refractivity contribution < 1.29 is 19.1 Å². The monoisotopic (exact) mass is 251 g/mol. The van der Waals surface area contributed by atoms with Crippen LogP contribution in [0.25, 0.3) is 0 Å². The van der Waals surface area contributed by atoms with E-state index in [-0.39, 0.29) is 12.5 Å². The van der Waals surface area contributed by atoms with Gasteiger partial charge in [-0.15, -0.1) is 0 Å². The van der Waals surface area contributed by atoms with Crippen molar-refractivity contribution >= 4 is 11.9 Å². The highest BCUT2D eigenvalue weighted by molar-refractivity contribution is 5.96. The summed E-state index contributed by atoms with van der Waals surface area (Å²) >= 11 is 0. The Kier molecular flexibility index (Phi) is 3.32. The minimum Gasteiger partial charge on any atom is -0.481 e. The molecule has 1 atom stereocenters. The maximum Gasteiger partial charge on any atom is 0.308 e. The minimum atomic E-state index is -0.888. The number of hydrogen-bond donors (Lipinski definition) is 1. The van der Waals surface area contributed by atoms with Crippen molar-refractivity contribution in [1.82, 2.24) is 4.90 Å². The van der Waals surface area contributed by atoms with Crippen LogP contribution in [0, 0.1) is 18.7 Å². The zero-order valence-electron chi connectivity index (χ0n) is 10.0. The third-order valence-corrected chi connectivity index (χ3v) is 3.32. The molecule has 1 aromatic rings. The van der Waals surface area contributed by atoms with E-state index in [1.165, 1.54) is 17.0 Å². The van der Waals surface area contributed by atoms with Gasteiger partial charge >= 0.3 is 5.97 Å². The Morgan fingerprint density at radius 2 is 2.17 bits per heavy atom. The fraction of sp³-hybridized carbons (Fsp3) is 0.385. The second kappa shape index (κ2) is 4.76. The molecule has 1 amide bonds. The zero-order valence-corrected chi connectivity index (χ0v) is 10.0. The second-order valence-corrected chi connectivity index (χ2v) is 4.49.